The zero-order chi connectivity index (χ0) is 43.7. The van der Waals surface area contributed by atoms with Crippen LogP contribution >= 0.6 is 0 Å². The van der Waals surface area contributed by atoms with Gasteiger partial charge in [0.05, 0.1) is 37.5 Å². The van der Waals surface area contributed by atoms with Crippen molar-refractivity contribution in [3.63, 3.8) is 0 Å². The molecular weight excluding hydrogens is 927 g/mol. The Bertz CT molecular complexity index is 3260. The van der Waals surface area contributed by atoms with Crippen molar-refractivity contribution in [2.75, 3.05) is 0 Å². The summed E-state index contributed by atoms with van der Waals surface area (Å²) in [6, 6.07) is 23.1. The largest absolute Gasteiger partial charge is 3.00 e. The Morgan fingerprint density at radius 2 is 1.23 bits per heavy atom. The molecule has 1 radical (unpaired) electrons. The molecule has 0 aliphatic rings. The molecular formula is C36H32CrN11O14S2. The summed E-state index contributed by atoms with van der Waals surface area (Å²) in [6.45, 7) is 1.53. The molecule has 28 heteroatoms. The second-order valence-corrected chi connectivity index (χ2v) is 15.0. The maximum absolute atomic E-state index is 12.6. The van der Waals surface area contributed by atoms with E-state index < -0.39 is 79.7 Å². The number of nitrogens with zero attached hydrogens (tertiary/aromatic N) is 7. The van der Waals surface area contributed by atoms with E-state index in [0.29, 0.717) is 34.3 Å². The van der Waals surface area contributed by atoms with Crippen molar-refractivity contribution in [2.24, 2.45) is 20.5 Å². The summed E-state index contributed by atoms with van der Waals surface area (Å²) in [7, 11) is -10.1. The van der Waals surface area contributed by atoms with Gasteiger partial charge in [-0.05, 0) is 36.6 Å². The first-order chi connectivity index (χ1) is 28.3. The van der Waals surface area contributed by atoms with Gasteiger partial charge in [0.15, 0.2) is 11.4 Å². The summed E-state index contributed by atoms with van der Waals surface area (Å²) in [5.74, 6) is -2.43. The van der Waals surface area contributed by atoms with Crippen LogP contribution in [0.5, 0.6) is 17.2 Å². The third-order valence-corrected chi connectivity index (χ3v) is 10.2. The third-order valence-electron chi connectivity index (χ3n) is 8.45. The second-order valence-electron chi connectivity index (χ2n) is 12.3. The average molecular weight is 959 g/mol. The average Bonchev–Trinajstić information content (AvgIpc) is 3.48. The van der Waals surface area contributed by atoms with Crippen molar-refractivity contribution in [1.29, 1.82) is 0 Å². The molecule has 0 saturated heterocycles. The fraction of sp³-hybridized carbons (Fsp3) is 0.0278. The number of phenols is 1. The van der Waals surface area contributed by atoms with Gasteiger partial charge in [0.25, 0.3) is 27.1 Å². The molecule has 1 heterocycles. The van der Waals surface area contributed by atoms with Crippen LogP contribution in [0.25, 0.3) is 27.2 Å². The van der Waals surface area contributed by atoms with Crippen LogP contribution in [0.1, 0.15) is 5.69 Å². The van der Waals surface area contributed by atoms with Crippen LogP contribution in [-0.4, -0.2) is 50.7 Å². The van der Waals surface area contributed by atoms with E-state index in [1.54, 1.807) is 60.7 Å². The first-order valence-corrected chi connectivity index (χ1v) is 19.4. The number of azo groups is 2. The minimum atomic E-state index is -5.11. The van der Waals surface area contributed by atoms with Gasteiger partial charge >= 0.3 is 17.4 Å². The van der Waals surface area contributed by atoms with E-state index in [2.05, 4.69) is 25.6 Å². The molecule has 0 atom stereocenters. The van der Waals surface area contributed by atoms with Crippen molar-refractivity contribution in [2.45, 2.75) is 16.7 Å². The van der Waals surface area contributed by atoms with Crippen LogP contribution in [0.2, 0.25) is 0 Å². The molecule has 7 rings (SSSR count). The Morgan fingerprint density at radius 3 is 1.83 bits per heavy atom. The molecule has 25 nitrogen and oxygen atoms in total. The molecule has 0 saturated carbocycles. The minimum Gasteiger partial charge on any atom is -0.871 e. The van der Waals surface area contributed by atoms with Crippen LogP contribution in [0.3, 0.4) is 0 Å². The van der Waals surface area contributed by atoms with Gasteiger partial charge in [-0.25, -0.2) is 13.1 Å². The third kappa shape index (κ3) is 10.9. The number of nitro groups is 2. The first kappa shape index (κ1) is 52.6. The van der Waals surface area contributed by atoms with Gasteiger partial charge in [-0.1, -0.05) is 66.1 Å². The van der Waals surface area contributed by atoms with Gasteiger partial charge < -0.3 is 38.3 Å². The van der Waals surface area contributed by atoms with Crippen LogP contribution in [-0.2, 0) is 37.6 Å². The van der Waals surface area contributed by atoms with E-state index in [-0.39, 0.29) is 63.6 Å². The molecule has 0 bridgehead atoms. The number of phenolic OH excluding ortho intramolecular Hbond substituents is 1. The maximum Gasteiger partial charge on any atom is 3.00 e. The number of aromatic hydroxyl groups is 1. The molecule has 12 N–H and O–H groups in total. The number of fused-ring (bicyclic) bond motifs is 2. The fourth-order valence-corrected chi connectivity index (χ4v) is 6.99. The predicted octanol–water partition coefficient (Wildman–Crippen LogP) is 6.60. The van der Waals surface area contributed by atoms with Crippen molar-refractivity contribution in [3.8, 4) is 22.9 Å². The van der Waals surface area contributed by atoms with Crippen molar-refractivity contribution in [1.82, 2.24) is 28.2 Å². The normalized spacial score (nSPS) is 11.2. The number of hydrogen-bond acceptors (Lipinski definition) is 20. The molecule has 0 fully saturated rings. The number of H-pyrrole nitrogens is 1. The fourth-order valence-electron chi connectivity index (χ4n) is 5.68. The monoisotopic (exact) mass is 958 g/mol. The van der Waals surface area contributed by atoms with Gasteiger partial charge in [-0.2, -0.15) is 18.6 Å². The Morgan fingerprint density at radius 1 is 0.656 bits per heavy atom. The molecule has 0 unspecified atom stereocenters. The summed E-state index contributed by atoms with van der Waals surface area (Å²) in [4.78, 5) is 30.9. The number of rotatable bonds is 9. The first-order valence-electron chi connectivity index (χ1n) is 16.5. The van der Waals surface area contributed by atoms with Crippen molar-refractivity contribution in [3.05, 3.63) is 139 Å². The molecule has 1 aromatic heterocycles. The van der Waals surface area contributed by atoms with E-state index in [1.165, 1.54) is 17.7 Å². The van der Waals surface area contributed by atoms with Crippen molar-refractivity contribution >= 4 is 75.9 Å². The Kier molecular flexibility index (Phi) is 16.9. The number of nitro benzene ring substituents is 2. The summed E-state index contributed by atoms with van der Waals surface area (Å²) in [5, 5.41) is 75.5. The number of para-hydroxylation sites is 1. The number of non-ortho nitro benzene ring substituents is 2. The Labute approximate surface area is 370 Å². The number of aromatic amines is 1. The second kappa shape index (κ2) is 20.6. The van der Waals surface area contributed by atoms with E-state index in [9.17, 15) is 61.7 Å². The van der Waals surface area contributed by atoms with Crippen LogP contribution < -0.4 is 34.2 Å². The number of hydrogen-bond donors (Lipinski definition) is 6. The van der Waals surface area contributed by atoms with Crippen molar-refractivity contribution < 1.29 is 68.5 Å². The smallest absolute Gasteiger partial charge is 0.871 e. The molecule has 0 spiro atoms. The summed E-state index contributed by atoms with van der Waals surface area (Å²) < 4.78 is 67.9. The summed E-state index contributed by atoms with van der Waals surface area (Å²) in [5.41, 5.74) is -2.15. The molecule has 0 aliphatic heterocycles. The van der Waals surface area contributed by atoms with Crippen LogP contribution in [0.4, 0.5) is 34.1 Å². The van der Waals surface area contributed by atoms with Gasteiger partial charge in [-0.15, -0.1) is 10.2 Å². The number of aromatic nitrogens is 2. The molecule has 64 heavy (non-hydrogen) atoms. The number of nitrogens with one attached hydrogen (secondary N) is 1. The van der Waals surface area contributed by atoms with Gasteiger partial charge in [0.1, 0.15) is 20.7 Å². The molecule has 7 aromatic rings. The summed E-state index contributed by atoms with van der Waals surface area (Å²) in [6.07, 6.45) is 0. The molecule has 0 amide bonds. The van der Waals surface area contributed by atoms with E-state index >= 15 is 0 Å². The molecule has 0 aliphatic carbocycles. The zero-order valence-corrected chi connectivity index (χ0v) is 35.5. The van der Waals surface area contributed by atoms with Gasteiger partial charge in [-0.3, -0.25) is 34.7 Å². The van der Waals surface area contributed by atoms with E-state index in [4.69, 9.17) is 4.55 Å². The SMILES string of the molecule is Cc1[nH]n(-c2ccccc2)c(=O)c1N=Nc1cc([N+](=O)[O-])cc(S(=O)(=O)O)c1O.N.N.N.O=[N+]([O-])c1ccc2c(N=Nc3c([O-])ccc4ccccc34)c([O-])cc(S(=O)(=O)[O-])c2c1.[Cr+3]. The van der Waals surface area contributed by atoms with E-state index in [1.807, 2.05) is 0 Å². The zero-order valence-electron chi connectivity index (χ0n) is 32.6. The van der Waals surface area contributed by atoms with Gasteiger partial charge in [0, 0.05) is 40.4 Å². The predicted molar refractivity (Wildman–Crippen MR) is 221 cm³/mol. The van der Waals surface area contributed by atoms with E-state index in [0.717, 1.165) is 24.3 Å². The topological polar surface area (TPSA) is 456 Å². The maximum atomic E-state index is 12.6. The quantitative estimate of drug-likeness (QED) is 0.0384. The Balaban J connectivity index is 0.000000415. The molecule has 6 aromatic carbocycles. The van der Waals surface area contributed by atoms with Crippen LogP contribution in [0, 0.1) is 27.2 Å². The van der Waals surface area contributed by atoms with Crippen LogP contribution in [0.15, 0.2) is 138 Å². The molecule has 333 valence electrons. The number of benzene rings is 6. The number of aryl methyl sites for hydroxylation is 1. The summed E-state index contributed by atoms with van der Waals surface area (Å²) >= 11 is 0. The minimum absolute atomic E-state index is 0. The standard InChI is InChI=1S/C20H13N3O7S.C16H13N5O7S.Cr.3H3N/c24-16-8-5-11-3-1-2-4-13(11)19(16)21-22-20-14-7-6-12(23(26)27)9-15(14)18(10-17(20)25)31(28,29)30;1-9-14(16(23)20(19-9)10-5-3-2-4-6-10)18-17-12-7-11(21(24)25)8-13(15(12)22)29(26,27)28;;;;/h1-10,24-25H,(H,28,29,30);2-8,19,22H,1H3,(H,26,27,28);;3*1H3/q;;+3;;;/p-3. The Hall–Kier alpha value is -7.52. The van der Waals surface area contributed by atoms with Gasteiger partial charge in [0.2, 0.25) is 0 Å².